The fraction of sp³-hybridized carbons (Fsp3) is 0.520. The zero-order valence-electron chi connectivity index (χ0n) is 18.4. The lowest BCUT2D eigenvalue weighted by atomic mass is 9.86. The maximum absolute atomic E-state index is 6.87. The summed E-state index contributed by atoms with van der Waals surface area (Å²) in [6.45, 7) is 5.11. The van der Waals surface area contributed by atoms with Crippen molar-refractivity contribution in [3.63, 3.8) is 0 Å². The standard InChI is InChI=1S/C25H30N2O5/c1-13-4-14(2-3-23(13)26)32-25-21(7-17-11-30-17)19(5-15-9-28-15)24(27)20(6-16-10-29-16)22(25)8-18-12-31-18/h2-4,15-18H,5-12,26-27H2,1H3. The molecule has 4 N–H and O–H groups in total. The van der Waals surface area contributed by atoms with E-state index in [1.54, 1.807) is 0 Å². The molecule has 0 bridgehead atoms. The first-order chi connectivity index (χ1) is 15.5. The molecule has 0 aliphatic carbocycles. The van der Waals surface area contributed by atoms with Crippen LogP contribution in [-0.2, 0) is 44.6 Å². The lowest BCUT2D eigenvalue weighted by Crippen LogP contribution is -2.16. The van der Waals surface area contributed by atoms with Gasteiger partial charge in [0, 0.05) is 48.2 Å². The summed E-state index contributed by atoms with van der Waals surface area (Å²) in [5.41, 5.74) is 20.1. The number of benzene rings is 2. The second-order valence-corrected chi connectivity index (χ2v) is 9.42. The molecule has 4 heterocycles. The Hall–Kier alpha value is -2.32. The van der Waals surface area contributed by atoms with E-state index in [-0.39, 0.29) is 24.4 Å². The molecule has 4 atom stereocenters. The third kappa shape index (κ3) is 4.43. The molecular formula is C25H30N2O5. The molecule has 7 heteroatoms. The van der Waals surface area contributed by atoms with Crippen LogP contribution in [0.2, 0.25) is 0 Å². The number of hydrogen-bond acceptors (Lipinski definition) is 7. The number of rotatable bonds is 10. The Bertz CT molecular complexity index is 986. The van der Waals surface area contributed by atoms with Crippen LogP contribution in [0, 0.1) is 6.92 Å². The Labute approximate surface area is 187 Å². The van der Waals surface area contributed by atoms with Gasteiger partial charge in [0.2, 0.25) is 0 Å². The Morgan fingerprint density at radius 1 is 0.750 bits per heavy atom. The number of nitrogens with two attached hydrogens (primary N) is 2. The first kappa shape index (κ1) is 20.3. The molecule has 6 rings (SSSR count). The molecule has 2 aromatic carbocycles. The predicted octanol–water partition coefficient (Wildman–Crippen LogP) is 2.72. The lowest BCUT2D eigenvalue weighted by Gasteiger charge is -2.25. The Kier molecular flexibility index (Phi) is 5.02. The molecule has 7 nitrogen and oxygen atoms in total. The number of epoxide rings is 4. The highest BCUT2D eigenvalue weighted by atomic mass is 16.6. The highest BCUT2D eigenvalue weighted by molar-refractivity contribution is 5.68. The van der Waals surface area contributed by atoms with Crippen molar-refractivity contribution >= 4 is 11.4 Å². The van der Waals surface area contributed by atoms with Gasteiger partial charge in [-0.15, -0.1) is 0 Å². The van der Waals surface area contributed by atoms with Gasteiger partial charge in [-0.3, -0.25) is 0 Å². The van der Waals surface area contributed by atoms with E-state index in [2.05, 4.69) is 0 Å². The molecule has 32 heavy (non-hydrogen) atoms. The van der Waals surface area contributed by atoms with E-state index in [9.17, 15) is 0 Å². The largest absolute Gasteiger partial charge is 0.457 e. The SMILES string of the molecule is Cc1cc(Oc2c(CC3CO3)c(CC3CO3)c(N)c(CC3CO3)c2CC2CO2)ccc1N. The zero-order valence-corrected chi connectivity index (χ0v) is 18.4. The first-order valence-electron chi connectivity index (χ1n) is 11.5. The average molecular weight is 439 g/mol. The van der Waals surface area contributed by atoms with Gasteiger partial charge >= 0.3 is 0 Å². The van der Waals surface area contributed by atoms with E-state index >= 15 is 0 Å². The molecular weight excluding hydrogens is 408 g/mol. The van der Waals surface area contributed by atoms with Crippen LogP contribution in [0.4, 0.5) is 11.4 Å². The summed E-state index contributed by atoms with van der Waals surface area (Å²) in [6.07, 6.45) is 4.05. The van der Waals surface area contributed by atoms with Gasteiger partial charge in [0.05, 0.1) is 50.8 Å². The maximum Gasteiger partial charge on any atom is 0.134 e. The Balaban J connectivity index is 1.50. The number of anilines is 2. The third-order valence-corrected chi connectivity index (χ3v) is 6.72. The van der Waals surface area contributed by atoms with Gasteiger partial charge in [-0.25, -0.2) is 0 Å². The second-order valence-electron chi connectivity index (χ2n) is 9.42. The Morgan fingerprint density at radius 3 is 1.59 bits per heavy atom. The molecule has 4 aliphatic heterocycles. The molecule has 0 radical (unpaired) electrons. The van der Waals surface area contributed by atoms with Crippen LogP contribution in [0.15, 0.2) is 18.2 Å². The van der Waals surface area contributed by atoms with Gasteiger partial charge in [0.15, 0.2) is 0 Å². The minimum atomic E-state index is 0.214. The highest BCUT2D eigenvalue weighted by Gasteiger charge is 2.37. The van der Waals surface area contributed by atoms with Gasteiger partial charge in [0.1, 0.15) is 11.5 Å². The van der Waals surface area contributed by atoms with Crippen molar-refractivity contribution in [1.82, 2.24) is 0 Å². The van der Waals surface area contributed by atoms with Crippen molar-refractivity contribution in [3.8, 4) is 11.5 Å². The quantitative estimate of drug-likeness (QED) is 0.433. The minimum Gasteiger partial charge on any atom is -0.457 e. The summed E-state index contributed by atoms with van der Waals surface area (Å²) < 4.78 is 29.1. The van der Waals surface area contributed by atoms with Crippen LogP contribution in [0.5, 0.6) is 11.5 Å². The predicted molar refractivity (Wildman–Crippen MR) is 120 cm³/mol. The topological polar surface area (TPSA) is 111 Å². The molecule has 4 fully saturated rings. The number of nitrogen functional groups attached to an aromatic ring is 2. The maximum atomic E-state index is 6.87. The minimum absolute atomic E-state index is 0.214. The third-order valence-electron chi connectivity index (χ3n) is 6.72. The molecule has 0 spiro atoms. The molecule has 2 aromatic rings. The smallest absolute Gasteiger partial charge is 0.134 e. The van der Waals surface area contributed by atoms with E-state index in [4.69, 9.17) is 35.2 Å². The van der Waals surface area contributed by atoms with E-state index in [1.165, 1.54) is 0 Å². The fourth-order valence-corrected chi connectivity index (χ4v) is 4.47. The molecule has 170 valence electrons. The van der Waals surface area contributed by atoms with Crippen molar-refractivity contribution in [2.75, 3.05) is 37.9 Å². The summed E-state index contributed by atoms with van der Waals surface area (Å²) in [4.78, 5) is 0. The van der Waals surface area contributed by atoms with Crippen LogP contribution >= 0.6 is 0 Å². The number of aryl methyl sites for hydroxylation is 1. The van der Waals surface area contributed by atoms with E-state index in [0.29, 0.717) is 0 Å². The summed E-state index contributed by atoms with van der Waals surface area (Å²) >= 11 is 0. The average Bonchev–Trinajstić information content (AvgIpc) is 3.61. The fourth-order valence-electron chi connectivity index (χ4n) is 4.47. The van der Waals surface area contributed by atoms with Crippen molar-refractivity contribution in [2.24, 2.45) is 0 Å². The zero-order chi connectivity index (χ0) is 21.8. The summed E-state index contributed by atoms with van der Waals surface area (Å²) in [5, 5.41) is 0. The second kappa shape index (κ2) is 7.92. The molecule has 4 aliphatic rings. The van der Waals surface area contributed by atoms with Gasteiger partial charge in [-0.05, 0) is 41.8 Å². The summed E-state index contributed by atoms with van der Waals surface area (Å²) in [7, 11) is 0. The van der Waals surface area contributed by atoms with Crippen LogP contribution in [-0.4, -0.2) is 50.8 Å². The molecule has 4 unspecified atom stereocenters. The van der Waals surface area contributed by atoms with Crippen LogP contribution in [0.25, 0.3) is 0 Å². The van der Waals surface area contributed by atoms with Gasteiger partial charge in [-0.2, -0.15) is 0 Å². The number of ether oxygens (including phenoxy) is 5. The van der Waals surface area contributed by atoms with Gasteiger partial charge in [0.25, 0.3) is 0 Å². The molecule has 0 amide bonds. The lowest BCUT2D eigenvalue weighted by molar-refractivity contribution is 0.390. The van der Waals surface area contributed by atoms with Gasteiger partial charge < -0.3 is 35.2 Å². The Morgan fingerprint density at radius 2 is 1.19 bits per heavy atom. The van der Waals surface area contributed by atoms with Crippen molar-refractivity contribution in [2.45, 2.75) is 57.0 Å². The monoisotopic (exact) mass is 438 g/mol. The van der Waals surface area contributed by atoms with E-state index < -0.39 is 0 Å². The molecule has 0 aromatic heterocycles. The highest BCUT2D eigenvalue weighted by Crippen LogP contribution is 2.44. The molecule has 0 saturated carbocycles. The first-order valence-corrected chi connectivity index (χ1v) is 11.5. The summed E-state index contributed by atoms with van der Waals surface area (Å²) in [5.74, 6) is 1.68. The van der Waals surface area contributed by atoms with Crippen molar-refractivity contribution < 1.29 is 23.7 Å². The van der Waals surface area contributed by atoms with E-state index in [1.807, 2.05) is 25.1 Å². The van der Waals surface area contributed by atoms with Crippen LogP contribution in [0.1, 0.15) is 27.8 Å². The van der Waals surface area contributed by atoms with Gasteiger partial charge in [-0.1, -0.05) is 0 Å². The van der Waals surface area contributed by atoms with Crippen molar-refractivity contribution in [1.29, 1.82) is 0 Å². The van der Waals surface area contributed by atoms with Crippen LogP contribution < -0.4 is 16.2 Å². The molecule has 4 saturated heterocycles. The summed E-state index contributed by atoms with van der Waals surface area (Å²) in [6, 6.07) is 5.82. The van der Waals surface area contributed by atoms with Crippen LogP contribution in [0.3, 0.4) is 0 Å². The van der Waals surface area contributed by atoms with Crippen molar-refractivity contribution in [3.05, 3.63) is 46.0 Å². The normalized spacial score (nSPS) is 27.3. The number of hydrogen-bond donors (Lipinski definition) is 2. The van der Waals surface area contributed by atoms with E-state index in [0.717, 1.165) is 103 Å².